The van der Waals surface area contributed by atoms with Gasteiger partial charge in [-0.3, -0.25) is 9.59 Å². The first kappa shape index (κ1) is 19.7. The Hall–Kier alpha value is -5.42. The van der Waals surface area contributed by atoms with Crippen molar-refractivity contribution in [3.63, 3.8) is 0 Å². The Morgan fingerprint density at radius 1 is 0.410 bits per heavy atom. The lowest BCUT2D eigenvalue weighted by Gasteiger charge is -2.06. The topological polar surface area (TPSA) is 64.3 Å². The molecule has 6 aromatic carbocycles. The maximum absolute atomic E-state index is 13.8. The van der Waals surface area contributed by atoms with Crippen LogP contribution in [0.1, 0.15) is 0 Å². The van der Waals surface area contributed by atoms with Gasteiger partial charge in [0, 0.05) is 48.5 Å². The van der Waals surface area contributed by atoms with Gasteiger partial charge < -0.3 is 4.40 Å². The van der Waals surface area contributed by atoms with Gasteiger partial charge in [0.15, 0.2) is 10.9 Å². The summed E-state index contributed by atoms with van der Waals surface area (Å²) in [4.78, 5) is 37.6. The zero-order valence-corrected chi connectivity index (χ0v) is 20.3. The molecule has 4 aromatic heterocycles. The van der Waals surface area contributed by atoms with Crippen LogP contribution in [0, 0.1) is 0 Å². The Morgan fingerprint density at radius 3 is 1.51 bits per heavy atom. The second-order valence-corrected chi connectivity index (χ2v) is 10.4. The third-order valence-corrected chi connectivity index (χ3v) is 8.59. The van der Waals surface area contributed by atoms with Crippen molar-refractivity contribution >= 4 is 92.5 Å². The maximum Gasteiger partial charge on any atom is 0.196 e. The van der Waals surface area contributed by atoms with Crippen LogP contribution in [0.3, 0.4) is 0 Å². The average molecular weight is 498 g/mol. The SMILES string of the molecule is O=c1c2ccccc2c(=O)c2c1ccc1nc3c4cccc5c6cccc7c8cccc(c3nc12)c8n(c67)c54. The van der Waals surface area contributed by atoms with E-state index in [1.807, 2.05) is 6.07 Å². The van der Waals surface area contributed by atoms with Crippen LogP contribution in [0.15, 0.2) is 101 Å². The largest absolute Gasteiger partial charge is 0.307 e. The van der Waals surface area contributed by atoms with Gasteiger partial charge in [0.2, 0.25) is 0 Å². The molecule has 0 amide bonds. The molecule has 10 aromatic rings. The van der Waals surface area contributed by atoms with E-state index in [0.29, 0.717) is 32.6 Å². The fourth-order valence-electron chi connectivity index (χ4n) is 7.02. The number of nitrogens with zero attached hydrogens (tertiary/aromatic N) is 3. The number of hydrogen-bond acceptors (Lipinski definition) is 4. The minimum Gasteiger partial charge on any atom is -0.307 e. The van der Waals surface area contributed by atoms with Gasteiger partial charge in [-0.25, -0.2) is 9.97 Å². The first-order valence-electron chi connectivity index (χ1n) is 12.9. The molecule has 39 heavy (non-hydrogen) atoms. The highest BCUT2D eigenvalue weighted by atomic mass is 16.1. The standard InChI is InChI=1S/C34H15N3O2/c38-33-20-6-1-2-7-21(20)34(39)26-22(33)14-15-25-29(26)36-28-24-13-5-11-19-17-9-3-8-16-18-10-4-12-23(27(28)35-25)31(18)37(30(16)17)32(19)24/h1-15H. The van der Waals surface area contributed by atoms with E-state index in [2.05, 4.69) is 59.0 Å². The van der Waals surface area contributed by atoms with E-state index in [0.717, 1.165) is 38.2 Å². The number of fused-ring (bicyclic) bond motifs is 9. The molecule has 178 valence electrons. The van der Waals surface area contributed by atoms with Gasteiger partial charge in [0.05, 0.1) is 38.5 Å². The molecule has 0 saturated heterocycles. The summed E-state index contributed by atoms with van der Waals surface area (Å²) < 4.78 is 2.37. The van der Waals surface area contributed by atoms with Crippen LogP contribution >= 0.6 is 0 Å². The van der Waals surface area contributed by atoms with E-state index in [-0.39, 0.29) is 10.9 Å². The normalized spacial score (nSPS) is 12.8. The van der Waals surface area contributed by atoms with Crippen LogP contribution in [0.2, 0.25) is 0 Å². The molecule has 0 radical (unpaired) electrons. The number of rotatable bonds is 0. The minimum atomic E-state index is -0.186. The number of aromatic nitrogens is 3. The average Bonchev–Trinajstić information content (AvgIpc) is 3.47. The number of benzene rings is 6. The summed E-state index contributed by atoms with van der Waals surface area (Å²) in [7, 11) is 0. The van der Waals surface area contributed by atoms with Crippen molar-refractivity contribution in [2.24, 2.45) is 0 Å². The second kappa shape index (κ2) is 6.34. The van der Waals surface area contributed by atoms with Crippen LogP contribution in [-0.4, -0.2) is 14.4 Å². The van der Waals surface area contributed by atoms with E-state index < -0.39 is 0 Å². The van der Waals surface area contributed by atoms with Crippen LogP contribution in [0.25, 0.3) is 92.5 Å². The molecular formula is C34H15N3O2. The molecule has 0 atom stereocenters. The molecule has 0 aliphatic carbocycles. The molecule has 5 nitrogen and oxygen atoms in total. The van der Waals surface area contributed by atoms with Crippen molar-refractivity contribution in [1.82, 2.24) is 14.4 Å². The molecule has 0 saturated carbocycles. The third-order valence-electron chi connectivity index (χ3n) is 8.59. The zero-order chi connectivity index (χ0) is 25.6. The van der Waals surface area contributed by atoms with Gasteiger partial charge in [0.25, 0.3) is 0 Å². The summed E-state index contributed by atoms with van der Waals surface area (Å²) >= 11 is 0. The molecule has 0 bridgehead atoms. The molecule has 0 aliphatic heterocycles. The summed E-state index contributed by atoms with van der Waals surface area (Å²) in [6.45, 7) is 0. The smallest absolute Gasteiger partial charge is 0.196 e. The lowest BCUT2D eigenvalue weighted by molar-refractivity contribution is 1.39. The van der Waals surface area contributed by atoms with Crippen molar-refractivity contribution in [1.29, 1.82) is 0 Å². The van der Waals surface area contributed by atoms with E-state index in [9.17, 15) is 9.59 Å². The summed E-state index contributed by atoms with van der Waals surface area (Å²) in [5.74, 6) is 0. The molecule has 10 rings (SSSR count). The summed E-state index contributed by atoms with van der Waals surface area (Å²) in [5.41, 5.74) is 5.66. The van der Waals surface area contributed by atoms with Crippen molar-refractivity contribution in [2.45, 2.75) is 0 Å². The van der Waals surface area contributed by atoms with E-state index >= 15 is 0 Å². The van der Waals surface area contributed by atoms with E-state index in [1.54, 1.807) is 30.3 Å². The van der Waals surface area contributed by atoms with E-state index in [4.69, 9.17) is 9.97 Å². The third kappa shape index (κ3) is 2.10. The number of para-hydroxylation sites is 3. The van der Waals surface area contributed by atoms with Crippen molar-refractivity contribution in [2.75, 3.05) is 0 Å². The zero-order valence-electron chi connectivity index (χ0n) is 20.3. The fourth-order valence-corrected chi connectivity index (χ4v) is 7.02. The predicted molar refractivity (Wildman–Crippen MR) is 159 cm³/mol. The second-order valence-electron chi connectivity index (χ2n) is 10.4. The molecule has 5 heteroatoms. The Bertz CT molecular complexity index is 2820. The molecule has 0 N–H and O–H groups in total. The highest BCUT2D eigenvalue weighted by Gasteiger charge is 2.23. The maximum atomic E-state index is 13.8. The molecule has 4 heterocycles. The summed E-state index contributed by atoms with van der Waals surface area (Å²) in [6.07, 6.45) is 0. The Kier molecular flexibility index (Phi) is 3.20. The first-order chi connectivity index (χ1) is 19.2. The highest BCUT2D eigenvalue weighted by molar-refractivity contribution is 6.32. The summed E-state index contributed by atoms with van der Waals surface area (Å²) in [5, 5.41) is 8.33. The Balaban J connectivity index is 1.56. The number of hydrogen-bond donors (Lipinski definition) is 0. The molecule has 0 fully saturated rings. The quantitative estimate of drug-likeness (QED) is 0.167. The van der Waals surface area contributed by atoms with Crippen molar-refractivity contribution in [3.8, 4) is 0 Å². The molecular weight excluding hydrogens is 482 g/mol. The fraction of sp³-hybridized carbons (Fsp3) is 0. The van der Waals surface area contributed by atoms with Gasteiger partial charge in [-0.05, 0) is 12.1 Å². The first-order valence-corrected chi connectivity index (χ1v) is 12.9. The van der Waals surface area contributed by atoms with Gasteiger partial charge in [0.1, 0.15) is 5.52 Å². The minimum absolute atomic E-state index is 0.155. The van der Waals surface area contributed by atoms with Crippen LogP contribution < -0.4 is 10.9 Å². The van der Waals surface area contributed by atoms with Gasteiger partial charge >= 0.3 is 0 Å². The van der Waals surface area contributed by atoms with Gasteiger partial charge in [-0.1, -0.05) is 78.9 Å². The van der Waals surface area contributed by atoms with Crippen molar-refractivity contribution < 1.29 is 0 Å². The van der Waals surface area contributed by atoms with Gasteiger partial charge in [-0.2, -0.15) is 0 Å². The lowest BCUT2D eigenvalue weighted by Crippen LogP contribution is -2.13. The van der Waals surface area contributed by atoms with Crippen LogP contribution in [-0.2, 0) is 0 Å². The molecule has 0 spiro atoms. The molecule has 0 aliphatic rings. The lowest BCUT2D eigenvalue weighted by atomic mass is 10.0. The Labute approximate surface area is 218 Å². The van der Waals surface area contributed by atoms with Crippen molar-refractivity contribution in [3.05, 3.63) is 111 Å². The summed E-state index contributed by atoms with van der Waals surface area (Å²) in [6, 6.07) is 29.7. The van der Waals surface area contributed by atoms with Crippen LogP contribution in [0.5, 0.6) is 0 Å². The predicted octanol–water partition coefficient (Wildman–Crippen LogP) is 6.99. The van der Waals surface area contributed by atoms with E-state index in [1.165, 1.54) is 21.7 Å². The van der Waals surface area contributed by atoms with Gasteiger partial charge in [-0.15, -0.1) is 0 Å². The van der Waals surface area contributed by atoms with Crippen LogP contribution in [0.4, 0.5) is 0 Å². The highest BCUT2D eigenvalue weighted by Crippen LogP contribution is 2.44. The monoisotopic (exact) mass is 497 g/mol. The Morgan fingerprint density at radius 2 is 0.897 bits per heavy atom. The molecule has 0 unspecified atom stereocenters.